The van der Waals surface area contributed by atoms with Gasteiger partial charge in [-0.2, -0.15) is 0 Å². The van der Waals surface area contributed by atoms with Crippen LogP contribution in [-0.4, -0.2) is 28.3 Å². The lowest BCUT2D eigenvalue weighted by molar-refractivity contribution is 0.404. The Kier molecular flexibility index (Phi) is 6.94. The van der Waals surface area contributed by atoms with Crippen molar-refractivity contribution < 1.29 is 22.3 Å². The number of nitrogens with zero attached hydrogens (tertiary/aromatic N) is 1. The predicted octanol–water partition coefficient (Wildman–Crippen LogP) is 1.67. The van der Waals surface area contributed by atoms with Gasteiger partial charge in [-0.05, 0) is 12.6 Å². The molecule has 2 unspecified atom stereocenters. The third kappa shape index (κ3) is 6.52. The van der Waals surface area contributed by atoms with Crippen LogP contribution in [0.15, 0.2) is 34.0 Å². The van der Waals surface area contributed by atoms with Gasteiger partial charge in [0.25, 0.3) is 5.56 Å². The van der Waals surface area contributed by atoms with E-state index >= 15 is 0 Å². The quantitative estimate of drug-likeness (QED) is 0.548. The van der Waals surface area contributed by atoms with Gasteiger partial charge < -0.3 is 0 Å². The van der Waals surface area contributed by atoms with Crippen LogP contribution in [0.4, 0.5) is 0 Å². The maximum atomic E-state index is 12.1. The first-order valence-corrected chi connectivity index (χ1v) is 10.2. The van der Waals surface area contributed by atoms with Crippen molar-refractivity contribution in [2.75, 3.05) is 6.16 Å². The van der Waals surface area contributed by atoms with Crippen molar-refractivity contribution in [2.24, 2.45) is 0 Å². The highest BCUT2D eigenvalue weighted by Gasteiger charge is 2.25. The van der Waals surface area contributed by atoms with Crippen molar-refractivity contribution in [1.29, 1.82) is 0 Å². The predicted molar refractivity (Wildman–Crippen MR) is 84.6 cm³/mol. The third-order valence-corrected chi connectivity index (χ3v) is 6.23. The van der Waals surface area contributed by atoms with Gasteiger partial charge in [0.2, 0.25) is 15.3 Å². The summed E-state index contributed by atoms with van der Waals surface area (Å²) < 4.78 is 44.3. The van der Waals surface area contributed by atoms with E-state index in [1.807, 2.05) is 0 Å². The Labute approximate surface area is 126 Å². The molecule has 1 aromatic heterocycles. The Hall–Kier alpha value is -1.49. The molecule has 120 valence electrons. The largest absolute Gasteiger partial charge is 0.354 e. The minimum atomic E-state index is -3.90. The molecule has 1 heterocycles. The van der Waals surface area contributed by atoms with Crippen molar-refractivity contribution >= 4 is 35.5 Å². The number of hydrogen-bond acceptors (Lipinski definition) is 7. The summed E-state index contributed by atoms with van der Waals surface area (Å²) in [6, 6.07) is 1.17. The van der Waals surface area contributed by atoms with Crippen molar-refractivity contribution in [3.05, 3.63) is 45.3 Å². The fourth-order valence-electron chi connectivity index (χ4n) is 1.34. The van der Waals surface area contributed by atoms with Crippen LogP contribution in [0.2, 0.25) is 0 Å². The monoisotopic (exact) mass is 366 g/mol. The van der Waals surface area contributed by atoms with E-state index < -0.39 is 34.1 Å². The second kappa shape index (κ2) is 8.22. The zero-order chi connectivity index (χ0) is 16.8. The van der Waals surface area contributed by atoms with Gasteiger partial charge in [0.1, 0.15) is 0 Å². The minimum absolute atomic E-state index is 0.0859. The van der Waals surface area contributed by atoms with E-state index in [1.165, 1.54) is 29.0 Å². The summed E-state index contributed by atoms with van der Waals surface area (Å²) in [6.45, 7) is 0.0859. The highest BCUT2D eigenvalue weighted by Crippen LogP contribution is 2.56. The molecule has 2 atom stereocenters. The molecule has 0 radical (unpaired) electrons. The molecule has 22 heavy (non-hydrogen) atoms. The maximum absolute atomic E-state index is 12.1. The number of allylic oxidation sites excluding steroid dienone is 2. The normalized spacial score (nSPS) is 15.5. The first-order valence-electron chi connectivity index (χ1n) is 5.70. The van der Waals surface area contributed by atoms with E-state index in [-0.39, 0.29) is 12.7 Å². The van der Waals surface area contributed by atoms with Crippen LogP contribution in [-0.2, 0) is 28.9 Å². The molecule has 0 aromatic carbocycles. The molecular formula is C10H13N2O7P3. The molecule has 0 aliphatic heterocycles. The molecule has 1 N–H and O–H groups in total. The molecule has 0 spiro atoms. The van der Waals surface area contributed by atoms with Gasteiger partial charge in [-0.3, -0.25) is 28.0 Å². The number of rotatable bonds is 8. The van der Waals surface area contributed by atoms with Gasteiger partial charge in [0, 0.05) is 18.8 Å². The summed E-state index contributed by atoms with van der Waals surface area (Å²) >= 11 is 0. The molecular weight excluding hydrogens is 353 g/mol. The van der Waals surface area contributed by atoms with Crippen molar-refractivity contribution in [1.82, 2.24) is 9.55 Å². The zero-order valence-electron chi connectivity index (χ0n) is 11.3. The fraction of sp³-hybridized carbons (Fsp3) is 0.200. The van der Waals surface area contributed by atoms with Gasteiger partial charge in [-0.1, -0.05) is 12.2 Å². The van der Waals surface area contributed by atoms with Gasteiger partial charge in [0.05, 0.1) is 6.16 Å². The van der Waals surface area contributed by atoms with Crippen molar-refractivity contribution in [3.8, 4) is 0 Å². The lowest BCUT2D eigenvalue weighted by Crippen LogP contribution is -2.28. The standard InChI is InChI=1S/C10H13N2O7P3/c1-20(15)18-22(17,19-21(2)16)8-4-3-6-12-7-5-9(13)11-10(12)14/h3-5,7H,1-2,6,8H2,(H,11,13,14)/b4-3-. The minimum Gasteiger partial charge on any atom is -0.297 e. The topological polar surface area (TPSA) is 125 Å². The van der Waals surface area contributed by atoms with Crippen LogP contribution in [0.25, 0.3) is 0 Å². The number of hydrogen-bond donors (Lipinski definition) is 1. The van der Waals surface area contributed by atoms with Crippen LogP contribution in [0.1, 0.15) is 0 Å². The van der Waals surface area contributed by atoms with E-state index in [0.717, 1.165) is 0 Å². The molecule has 0 fully saturated rings. The van der Waals surface area contributed by atoms with Gasteiger partial charge >= 0.3 is 13.3 Å². The van der Waals surface area contributed by atoms with E-state index in [0.29, 0.717) is 0 Å². The first-order chi connectivity index (χ1) is 10.2. The van der Waals surface area contributed by atoms with Crippen LogP contribution in [0.5, 0.6) is 0 Å². The van der Waals surface area contributed by atoms with Crippen LogP contribution in [0, 0.1) is 0 Å². The molecule has 0 saturated heterocycles. The number of aromatic amines is 1. The Morgan fingerprint density at radius 1 is 1.23 bits per heavy atom. The second-order valence-electron chi connectivity index (χ2n) is 3.86. The van der Waals surface area contributed by atoms with E-state index in [1.54, 1.807) is 0 Å². The summed E-state index contributed by atoms with van der Waals surface area (Å²) in [7, 11) is -8.83. The molecule has 0 bridgehead atoms. The van der Waals surface area contributed by atoms with Crippen LogP contribution < -0.4 is 11.2 Å². The molecule has 1 aromatic rings. The molecule has 0 saturated carbocycles. The van der Waals surface area contributed by atoms with Gasteiger partial charge in [-0.15, -0.1) is 0 Å². The van der Waals surface area contributed by atoms with E-state index in [2.05, 4.69) is 26.2 Å². The van der Waals surface area contributed by atoms with Crippen LogP contribution >= 0.6 is 22.9 Å². The fourth-order valence-corrected chi connectivity index (χ4v) is 4.89. The van der Waals surface area contributed by atoms with E-state index in [4.69, 9.17) is 0 Å². The Bertz CT molecular complexity index is 816. The van der Waals surface area contributed by atoms with Gasteiger partial charge in [0.15, 0.2) is 0 Å². The molecule has 0 aliphatic carbocycles. The number of nitrogens with one attached hydrogen (secondary N) is 1. The first kappa shape index (κ1) is 18.6. The Balaban J connectivity index is 2.78. The summed E-state index contributed by atoms with van der Waals surface area (Å²) in [5.74, 6) is 0. The summed E-state index contributed by atoms with van der Waals surface area (Å²) in [5.41, 5.74) is -1.12. The Morgan fingerprint density at radius 2 is 1.82 bits per heavy atom. The second-order valence-corrected chi connectivity index (χ2v) is 8.08. The van der Waals surface area contributed by atoms with Gasteiger partial charge in [-0.25, -0.2) is 13.4 Å². The third-order valence-electron chi connectivity index (χ3n) is 2.13. The lowest BCUT2D eigenvalue weighted by Gasteiger charge is -2.09. The highest BCUT2D eigenvalue weighted by atomic mass is 31.2. The summed E-state index contributed by atoms with van der Waals surface area (Å²) in [4.78, 5) is 24.4. The van der Waals surface area contributed by atoms with Crippen LogP contribution in [0.3, 0.4) is 0 Å². The SMILES string of the molecule is C=P(=O)OP(=O)(C/C=C\Cn1ccc(=O)[nH]c1=O)OP(=C)=O. The average molecular weight is 366 g/mol. The molecule has 0 aliphatic rings. The highest BCUT2D eigenvalue weighted by molar-refractivity contribution is 7.66. The van der Waals surface area contributed by atoms with E-state index in [9.17, 15) is 23.3 Å². The van der Waals surface area contributed by atoms with Crippen molar-refractivity contribution in [2.45, 2.75) is 6.54 Å². The zero-order valence-corrected chi connectivity index (χ0v) is 14.0. The molecule has 12 heteroatoms. The number of H-pyrrole nitrogens is 1. The average Bonchev–Trinajstić information content (AvgIpc) is 2.34. The smallest absolute Gasteiger partial charge is 0.297 e. The number of aromatic nitrogens is 2. The Morgan fingerprint density at radius 3 is 2.32 bits per heavy atom. The lowest BCUT2D eigenvalue weighted by atomic mass is 10.5. The molecule has 9 nitrogen and oxygen atoms in total. The van der Waals surface area contributed by atoms with Crippen molar-refractivity contribution in [3.63, 3.8) is 0 Å². The summed E-state index contributed by atoms with van der Waals surface area (Å²) in [5, 5.41) is 0. The molecule has 0 amide bonds. The molecule has 1 rings (SSSR count). The summed E-state index contributed by atoms with van der Waals surface area (Å²) in [6.07, 6.45) is 9.85. The maximum Gasteiger partial charge on any atom is 0.354 e.